The van der Waals surface area contributed by atoms with Crippen LogP contribution in [0.4, 0.5) is 13.2 Å². The Hall–Kier alpha value is -1.53. The molecule has 0 aliphatic carbocycles. The smallest absolute Gasteiger partial charge is 0.321 e. The zero-order valence-electron chi connectivity index (χ0n) is 11.7. The maximum absolute atomic E-state index is 12.9. The van der Waals surface area contributed by atoms with Crippen LogP contribution in [0.15, 0.2) is 30.5 Å². The van der Waals surface area contributed by atoms with Gasteiger partial charge in [-0.25, -0.2) is 4.98 Å². The summed E-state index contributed by atoms with van der Waals surface area (Å²) in [5.41, 5.74) is -0.359. The number of hydrogen-bond donors (Lipinski definition) is 0. The fourth-order valence-corrected chi connectivity index (χ4v) is 2.24. The number of nitrogens with zero attached hydrogens (tertiary/aromatic N) is 3. The van der Waals surface area contributed by atoms with Crippen LogP contribution in [0.25, 0.3) is 0 Å². The van der Waals surface area contributed by atoms with Crippen molar-refractivity contribution in [3.8, 4) is 0 Å². The largest absolute Gasteiger partial charge is 0.416 e. The maximum Gasteiger partial charge on any atom is 0.416 e. The first-order valence-corrected chi connectivity index (χ1v) is 6.66. The Labute approximate surface area is 126 Å². The third kappa shape index (κ3) is 3.77. The maximum atomic E-state index is 12.9. The van der Waals surface area contributed by atoms with Gasteiger partial charge in [0.15, 0.2) is 0 Å². The summed E-state index contributed by atoms with van der Waals surface area (Å²) in [4.78, 5) is 5.90. The number of alkyl halides is 3. The molecule has 0 radical (unpaired) electrons. The van der Waals surface area contributed by atoms with E-state index in [9.17, 15) is 13.2 Å². The van der Waals surface area contributed by atoms with Crippen molar-refractivity contribution in [1.29, 1.82) is 0 Å². The highest BCUT2D eigenvalue weighted by atomic mass is 35.5. The van der Waals surface area contributed by atoms with E-state index in [-0.39, 0.29) is 12.1 Å². The molecule has 0 saturated heterocycles. The highest BCUT2D eigenvalue weighted by molar-refractivity contribution is 6.29. The molecule has 0 aliphatic heterocycles. The third-order valence-corrected chi connectivity index (χ3v) is 3.55. The molecule has 0 unspecified atom stereocenters. The quantitative estimate of drug-likeness (QED) is 0.857. The Morgan fingerprint density at radius 2 is 1.90 bits per heavy atom. The molecule has 0 bridgehead atoms. The second-order valence-electron chi connectivity index (χ2n) is 4.88. The van der Waals surface area contributed by atoms with E-state index in [1.165, 1.54) is 18.3 Å². The van der Waals surface area contributed by atoms with E-state index in [1.807, 2.05) is 0 Å². The molecular weight excluding hydrogens is 303 g/mol. The van der Waals surface area contributed by atoms with Crippen molar-refractivity contribution in [2.45, 2.75) is 19.3 Å². The van der Waals surface area contributed by atoms with Crippen LogP contribution in [0, 0.1) is 0 Å². The minimum atomic E-state index is -4.34. The van der Waals surface area contributed by atoms with Crippen molar-refractivity contribution in [2.24, 2.45) is 7.05 Å². The first kappa shape index (κ1) is 15.9. The number of rotatable bonds is 4. The van der Waals surface area contributed by atoms with E-state index in [4.69, 9.17) is 11.6 Å². The van der Waals surface area contributed by atoms with Gasteiger partial charge >= 0.3 is 6.18 Å². The molecular formula is C14H15ClF3N3. The fourth-order valence-electron chi connectivity index (χ4n) is 2.09. The Kier molecular flexibility index (Phi) is 4.58. The van der Waals surface area contributed by atoms with E-state index in [0.717, 1.165) is 6.07 Å². The number of imidazole rings is 1. The minimum absolute atomic E-state index is 0.181. The van der Waals surface area contributed by atoms with Gasteiger partial charge in [-0.3, -0.25) is 4.90 Å². The fraction of sp³-hybridized carbons (Fsp3) is 0.357. The van der Waals surface area contributed by atoms with Gasteiger partial charge in [0.05, 0.1) is 18.3 Å². The first-order valence-electron chi connectivity index (χ1n) is 6.28. The molecule has 2 aromatic rings. The molecule has 7 heteroatoms. The van der Waals surface area contributed by atoms with Crippen LogP contribution in [0.3, 0.4) is 0 Å². The van der Waals surface area contributed by atoms with Crippen LogP contribution in [0.5, 0.6) is 0 Å². The lowest BCUT2D eigenvalue weighted by Gasteiger charge is -2.19. The molecule has 1 aromatic carbocycles. The topological polar surface area (TPSA) is 21.1 Å². The highest BCUT2D eigenvalue weighted by Crippen LogP contribution is 2.32. The molecule has 2 rings (SSSR count). The SMILES string of the molecule is CN(Cc1ccccc1C(F)(F)F)Cc1ncc(Cl)n1C. The predicted molar refractivity (Wildman–Crippen MR) is 74.8 cm³/mol. The first-order chi connectivity index (χ1) is 9.79. The summed E-state index contributed by atoms with van der Waals surface area (Å²) in [6, 6.07) is 5.59. The number of aromatic nitrogens is 2. The van der Waals surface area contributed by atoms with Gasteiger partial charge in [-0.15, -0.1) is 0 Å². The van der Waals surface area contributed by atoms with E-state index in [0.29, 0.717) is 17.5 Å². The molecule has 0 atom stereocenters. The van der Waals surface area contributed by atoms with Crippen molar-refractivity contribution < 1.29 is 13.2 Å². The lowest BCUT2D eigenvalue weighted by Crippen LogP contribution is -2.21. The Morgan fingerprint density at radius 3 is 2.48 bits per heavy atom. The monoisotopic (exact) mass is 317 g/mol. The van der Waals surface area contributed by atoms with E-state index >= 15 is 0 Å². The van der Waals surface area contributed by atoms with Gasteiger partial charge in [-0.2, -0.15) is 13.2 Å². The van der Waals surface area contributed by atoms with Crippen molar-refractivity contribution in [1.82, 2.24) is 14.5 Å². The normalized spacial score (nSPS) is 12.1. The van der Waals surface area contributed by atoms with Gasteiger partial charge in [0, 0.05) is 13.6 Å². The molecule has 0 fully saturated rings. The second-order valence-corrected chi connectivity index (χ2v) is 5.27. The van der Waals surface area contributed by atoms with E-state index < -0.39 is 11.7 Å². The van der Waals surface area contributed by atoms with Crippen molar-refractivity contribution in [3.63, 3.8) is 0 Å². The molecule has 114 valence electrons. The molecule has 0 spiro atoms. The van der Waals surface area contributed by atoms with Crippen LogP contribution in [0.1, 0.15) is 17.0 Å². The summed E-state index contributed by atoms with van der Waals surface area (Å²) in [7, 11) is 3.51. The summed E-state index contributed by atoms with van der Waals surface area (Å²) in [5, 5.41) is 0.495. The average Bonchev–Trinajstić information content (AvgIpc) is 2.70. The molecule has 21 heavy (non-hydrogen) atoms. The van der Waals surface area contributed by atoms with Crippen LogP contribution in [-0.4, -0.2) is 21.5 Å². The molecule has 0 aliphatic rings. The van der Waals surface area contributed by atoms with Crippen LogP contribution >= 0.6 is 11.6 Å². The molecule has 0 saturated carbocycles. The van der Waals surface area contributed by atoms with E-state index in [1.54, 1.807) is 29.6 Å². The van der Waals surface area contributed by atoms with Gasteiger partial charge in [0.1, 0.15) is 11.0 Å². The average molecular weight is 318 g/mol. The minimum Gasteiger partial charge on any atom is -0.321 e. The van der Waals surface area contributed by atoms with Crippen molar-refractivity contribution >= 4 is 11.6 Å². The summed E-state index contributed by atoms with van der Waals surface area (Å²) in [5.74, 6) is 0.701. The van der Waals surface area contributed by atoms with Crippen molar-refractivity contribution in [3.05, 3.63) is 52.6 Å². The lowest BCUT2D eigenvalue weighted by molar-refractivity contribution is -0.138. The van der Waals surface area contributed by atoms with Crippen LogP contribution in [-0.2, 0) is 26.3 Å². The summed E-state index contributed by atoms with van der Waals surface area (Å²) in [6.07, 6.45) is -2.82. The van der Waals surface area contributed by atoms with Gasteiger partial charge in [0.2, 0.25) is 0 Å². The van der Waals surface area contributed by atoms with Gasteiger partial charge in [-0.05, 0) is 18.7 Å². The number of hydrogen-bond acceptors (Lipinski definition) is 2. The zero-order valence-corrected chi connectivity index (χ0v) is 12.4. The molecule has 0 N–H and O–H groups in total. The summed E-state index contributed by atoms with van der Waals surface area (Å²) < 4.78 is 40.5. The molecule has 1 heterocycles. The van der Waals surface area contributed by atoms with Gasteiger partial charge < -0.3 is 4.57 Å². The Balaban J connectivity index is 2.13. The zero-order chi connectivity index (χ0) is 15.6. The molecule has 1 aromatic heterocycles. The summed E-state index contributed by atoms with van der Waals surface area (Å²) >= 11 is 5.89. The number of halogens is 4. The van der Waals surface area contributed by atoms with E-state index in [2.05, 4.69) is 4.98 Å². The number of benzene rings is 1. The van der Waals surface area contributed by atoms with Crippen LogP contribution in [0.2, 0.25) is 5.15 Å². The third-order valence-electron chi connectivity index (χ3n) is 3.20. The van der Waals surface area contributed by atoms with Gasteiger partial charge in [0.25, 0.3) is 0 Å². The Bertz CT molecular complexity index is 622. The standard InChI is InChI=1S/C14H15ClF3N3/c1-20(9-13-19-7-12(15)21(13)2)8-10-5-3-4-6-11(10)14(16,17)18/h3-7H,8-9H2,1-2H3. The lowest BCUT2D eigenvalue weighted by atomic mass is 10.1. The molecule has 0 amide bonds. The van der Waals surface area contributed by atoms with Crippen LogP contribution < -0.4 is 0 Å². The summed E-state index contributed by atoms with van der Waals surface area (Å²) in [6.45, 7) is 0.593. The highest BCUT2D eigenvalue weighted by Gasteiger charge is 2.33. The predicted octanol–water partition coefficient (Wildman–Crippen LogP) is 3.72. The van der Waals surface area contributed by atoms with Gasteiger partial charge in [-0.1, -0.05) is 29.8 Å². The van der Waals surface area contributed by atoms with Crippen molar-refractivity contribution in [2.75, 3.05) is 7.05 Å². The second kappa shape index (κ2) is 6.07. The Morgan fingerprint density at radius 1 is 1.24 bits per heavy atom. The molecule has 3 nitrogen and oxygen atoms in total.